The van der Waals surface area contributed by atoms with Crippen LogP contribution in [0.1, 0.15) is 63.6 Å². The Balaban J connectivity index is 1.64. The standard InChI is InChI=1S/C25H31IN4O2S/c1-6-18-8-11-20(12-9-18)32-17(5)24-28-29-25(30(24)7-2)33-15-23(31)27-22-13-10-19(26)14-21(22)16(3)4/h8-14,16-17H,6-7,15H2,1-5H3,(H,27,31)/t17-/m1/s1. The summed E-state index contributed by atoms with van der Waals surface area (Å²) in [5.74, 6) is 2.08. The molecule has 0 radical (unpaired) electrons. The van der Waals surface area contributed by atoms with E-state index in [-0.39, 0.29) is 17.8 Å². The second-order valence-electron chi connectivity index (χ2n) is 8.07. The molecule has 3 rings (SSSR count). The van der Waals surface area contributed by atoms with Gasteiger partial charge in [0.1, 0.15) is 5.75 Å². The number of carbonyl (C=O) groups excluding carboxylic acids is 1. The second-order valence-corrected chi connectivity index (χ2v) is 10.3. The molecule has 0 aliphatic heterocycles. The summed E-state index contributed by atoms with van der Waals surface area (Å²) in [6, 6.07) is 14.2. The Bertz CT molecular complexity index is 1080. The minimum absolute atomic E-state index is 0.0596. The first-order valence-electron chi connectivity index (χ1n) is 11.2. The van der Waals surface area contributed by atoms with E-state index in [0.29, 0.717) is 17.6 Å². The highest BCUT2D eigenvalue weighted by atomic mass is 127. The quantitative estimate of drug-likeness (QED) is 0.221. The zero-order chi connectivity index (χ0) is 24.0. The van der Waals surface area contributed by atoms with Crippen molar-refractivity contribution >= 4 is 45.9 Å². The topological polar surface area (TPSA) is 69.0 Å². The summed E-state index contributed by atoms with van der Waals surface area (Å²) >= 11 is 3.68. The second kappa shape index (κ2) is 11.9. The molecule has 1 aromatic heterocycles. The number of aryl methyl sites for hydroxylation is 1. The molecule has 8 heteroatoms. The van der Waals surface area contributed by atoms with E-state index >= 15 is 0 Å². The molecule has 0 saturated heterocycles. The van der Waals surface area contributed by atoms with Crippen molar-refractivity contribution in [2.24, 2.45) is 0 Å². The molecule has 0 bridgehead atoms. The molecule has 0 saturated carbocycles. The average Bonchev–Trinajstić information content (AvgIpc) is 3.22. The molecule has 6 nitrogen and oxygen atoms in total. The third-order valence-corrected chi connectivity index (χ3v) is 6.95. The lowest BCUT2D eigenvalue weighted by atomic mass is 10.0. The van der Waals surface area contributed by atoms with Crippen molar-refractivity contribution in [1.82, 2.24) is 14.8 Å². The van der Waals surface area contributed by atoms with Crippen molar-refractivity contribution in [3.63, 3.8) is 0 Å². The fourth-order valence-electron chi connectivity index (χ4n) is 3.51. The van der Waals surface area contributed by atoms with Crippen LogP contribution in [-0.4, -0.2) is 26.4 Å². The van der Waals surface area contributed by atoms with Crippen LogP contribution in [0.2, 0.25) is 0 Å². The van der Waals surface area contributed by atoms with Crippen molar-refractivity contribution in [2.45, 2.75) is 64.8 Å². The number of ether oxygens (including phenoxy) is 1. The van der Waals surface area contributed by atoms with E-state index in [0.717, 1.165) is 32.8 Å². The van der Waals surface area contributed by atoms with E-state index in [1.54, 1.807) is 0 Å². The molecule has 1 N–H and O–H groups in total. The maximum Gasteiger partial charge on any atom is 0.234 e. The lowest BCUT2D eigenvalue weighted by Gasteiger charge is -2.16. The van der Waals surface area contributed by atoms with E-state index in [1.165, 1.54) is 17.3 Å². The van der Waals surface area contributed by atoms with Crippen LogP contribution in [0.15, 0.2) is 47.6 Å². The van der Waals surface area contributed by atoms with Crippen molar-refractivity contribution in [2.75, 3.05) is 11.1 Å². The Morgan fingerprint density at radius 1 is 1.12 bits per heavy atom. The van der Waals surface area contributed by atoms with Gasteiger partial charge >= 0.3 is 0 Å². The van der Waals surface area contributed by atoms with Gasteiger partial charge in [0.05, 0.1) is 5.75 Å². The van der Waals surface area contributed by atoms with Gasteiger partial charge < -0.3 is 14.6 Å². The number of aromatic nitrogens is 3. The number of hydrogen-bond acceptors (Lipinski definition) is 5. The van der Waals surface area contributed by atoms with Crippen molar-refractivity contribution < 1.29 is 9.53 Å². The maximum atomic E-state index is 12.7. The normalized spacial score (nSPS) is 12.1. The zero-order valence-electron chi connectivity index (χ0n) is 19.8. The Morgan fingerprint density at radius 3 is 2.48 bits per heavy atom. The van der Waals surface area contributed by atoms with Crippen LogP contribution < -0.4 is 10.1 Å². The first kappa shape index (κ1) is 25.6. The zero-order valence-corrected chi connectivity index (χ0v) is 22.7. The van der Waals surface area contributed by atoms with E-state index in [9.17, 15) is 4.79 Å². The molecule has 0 fully saturated rings. The largest absolute Gasteiger partial charge is 0.483 e. The van der Waals surface area contributed by atoms with Gasteiger partial charge in [-0.25, -0.2) is 0 Å². The summed E-state index contributed by atoms with van der Waals surface area (Å²) in [6.45, 7) is 11.1. The van der Waals surface area contributed by atoms with E-state index in [2.05, 4.69) is 77.1 Å². The van der Waals surface area contributed by atoms with Crippen LogP contribution in [0.25, 0.3) is 0 Å². The summed E-state index contributed by atoms with van der Waals surface area (Å²) in [7, 11) is 0. The van der Waals surface area contributed by atoms with Gasteiger partial charge in [-0.1, -0.05) is 44.7 Å². The molecule has 1 amide bonds. The molecule has 33 heavy (non-hydrogen) atoms. The van der Waals surface area contributed by atoms with E-state index < -0.39 is 0 Å². The molecule has 1 atom stereocenters. The minimum Gasteiger partial charge on any atom is -0.483 e. The summed E-state index contributed by atoms with van der Waals surface area (Å²) in [5.41, 5.74) is 3.27. The maximum absolute atomic E-state index is 12.7. The van der Waals surface area contributed by atoms with Crippen molar-refractivity contribution in [3.8, 4) is 5.75 Å². The Morgan fingerprint density at radius 2 is 1.85 bits per heavy atom. The summed E-state index contributed by atoms with van der Waals surface area (Å²) in [6.07, 6.45) is 0.741. The average molecular weight is 579 g/mol. The molecule has 0 aliphatic carbocycles. The molecule has 176 valence electrons. The molecule has 0 spiro atoms. The Kier molecular flexibility index (Phi) is 9.19. The third-order valence-electron chi connectivity index (χ3n) is 5.31. The predicted octanol–water partition coefficient (Wildman–Crippen LogP) is 6.46. The van der Waals surface area contributed by atoms with Crippen LogP contribution in [0.4, 0.5) is 5.69 Å². The molecular weight excluding hydrogens is 547 g/mol. The SMILES string of the molecule is CCc1ccc(O[C@H](C)c2nnc(SCC(=O)Nc3ccc(I)cc3C(C)C)n2CC)cc1. The molecule has 0 unspecified atom stereocenters. The number of amides is 1. The number of hydrogen-bond donors (Lipinski definition) is 1. The monoisotopic (exact) mass is 578 g/mol. The molecule has 2 aromatic carbocycles. The number of nitrogens with one attached hydrogen (secondary N) is 1. The number of nitrogens with zero attached hydrogens (tertiary/aromatic N) is 3. The molecular formula is C25H31IN4O2S. The predicted molar refractivity (Wildman–Crippen MR) is 143 cm³/mol. The van der Waals surface area contributed by atoms with E-state index in [1.807, 2.05) is 42.7 Å². The van der Waals surface area contributed by atoms with Crippen LogP contribution in [-0.2, 0) is 17.8 Å². The number of halogens is 1. The molecule has 0 aliphatic rings. The van der Waals surface area contributed by atoms with Crippen LogP contribution >= 0.6 is 34.4 Å². The number of rotatable bonds is 10. The van der Waals surface area contributed by atoms with Gasteiger partial charge in [-0.05, 0) is 90.2 Å². The molecule has 1 heterocycles. The third kappa shape index (κ3) is 6.72. The lowest BCUT2D eigenvalue weighted by molar-refractivity contribution is -0.113. The Labute approximate surface area is 214 Å². The Hall–Kier alpha value is -2.07. The highest BCUT2D eigenvalue weighted by molar-refractivity contribution is 14.1. The minimum atomic E-state index is -0.256. The smallest absolute Gasteiger partial charge is 0.234 e. The summed E-state index contributed by atoms with van der Waals surface area (Å²) < 4.78 is 9.26. The van der Waals surface area contributed by atoms with Gasteiger partial charge in [0.2, 0.25) is 5.91 Å². The van der Waals surface area contributed by atoms with Gasteiger partial charge in [-0.3, -0.25) is 4.79 Å². The van der Waals surface area contributed by atoms with Gasteiger partial charge in [0, 0.05) is 15.8 Å². The summed E-state index contributed by atoms with van der Waals surface area (Å²) in [5, 5.41) is 12.5. The van der Waals surface area contributed by atoms with Gasteiger partial charge in [0.25, 0.3) is 0 Å². The van der Waals surface area contributed by atoms with E-state index in [4.69, 9.17) is 4.74 Å². The highest BCUT2D eigenvalue weighted by Crippen LogP contribution is 2.28. The van der Waals surface area contributed by atoms with Gasteiger partial charge in [-0.15, -0.1) is 10.2 Å². The number of carbonyl (C=O) groups is 1. The number of thioether (sulfide) groups is 1. The fourth-order valence-corrected chi connectivity index (χ4v) is 4.83. The first-order valence-corrected chi connectivity index (χ1v) is 13.3. The van der Waals surface area contributed by atoms with Gasteiger partial charge in [0.15, 0.2) is 17.1 Å². The van der Waals surface area contributed by atoms with Gasteiger partial charge in [-0.2, -0.15) is 0 Å². The van der Waals surface area contributed by atoms with Crippen LogP contribution in [0.3, 0.4) is 0 Å². The highest BCUT2D eigenvalue weighted by Gasteiger charge is 2.20. The lowest BCUT2D eigenvalue weighted by Crippen LogP contribution is -2.16. The summed E-state index contributed by atoms with van der Waals surface area (Å²) in [4.78, 5) is 12.7. The number of anilines is 1. The van der Waals surface area contributed by atoms with Crippen LogP contribution in [0, 0.1) is 3.57 Å². The van der Waals surface area contributed by atoms with Crippen molar-refractivity contribution in [1.29, 1.82) is 0 Å². The fraction of sp³-hybridized carbons (Fsp3) is 0.400. The van der Waals surface area contributed by atoms with Crippen molar-refractivity contribution in [3.05, 3.63) is 63.0 Å². The number of benzene rings is 2. The first-order chi connectivity index (χ1) is 15.8. The molecule has 3 aromatic rings. The van der Waals surface area contributed by atoms with Crippen LogP contribution in [0.5, 0.6) is 5.75 Å².